The average Bonchev–Trinajstić information content (AvgIpc) is 2.95. The minimum atomic E-state index is 0. The first-order valence-electron chi connectivity index (χ1n) is 8.02. The molecule has 0 fully saturated rings. The van der Waals surface area contributed by atoms with Crippen LogP contribution in [0.15, 0.2) is 29.4 Å². The van der Waals surface area contributed by atoms with Gasteiger partial charge in [0.05, 0.1) is 0 Å². The number of aryl methyl sites for hydroxylation is 1. The molecule has 1 aromatic carbocycles. The maximum atomic E-state index is 4.30. The lowest BCUT2D eigenvalue weighted by Crippen LogP contribution is -2.43. The molecule has 0 spiro atoms. The fourth-order valence-electron chi connectivity index (χ4n) is 2.55. The molecule has 0 saturated heterocycles. The quantitative estimate of drug-likeness (QED) is 0.348. The van der Waals surface area contributed by atoms with Crippen LogP contribution in [-0.4, -0.2) is 42.1 Å². The van der Waals surface area contributed by atoms with Gasteiger partial charge in [0.25, 0.3) is 0 Å². The van der Waals surface area contributed by atoms with Gasteiger partial charge in [0.1, 0.15) is 0 Å². The van der Waals surface area contributed by atoms with Gasteiger partial charge in [-0.05, 0) is 50.6 Å². The van der Waals surface area contributed by atoms with Crippen LogP contribution >= 0.6 is 35.7 Å². The number of nitrogens with one attached hydrogen (secondary N) is 3. The highest BCUT2D eigenvalue weighted by Crippen LogP contribution is 2.22. The normalized spacial score (nSPS) is 12.1. The van der Waals surface area contributed by atoms with Gasteiger partial charge >= 0.3 is 0 Å². The standard InChI is InChI=1S/C18H28N4S.HI/c1-13-7-6-8-15-16(13)14(11-21-15)9-10-20-17(19-4)22-12-18(2,3)23-5;/h6-8,11,21H,9-10,12H2,1-5H3,(H2,19,20,22);1H. The molecule has 2 aromatic rings. The highest BCUT2D eigenvalue weighted by molar-refractivity contribution is 14.0. The highest BCUT2D eigenvalue weighted by atomic mass is 127. The first-order valence-corrected chi connectivity index (χ1v) is 9.24. The molecule has 0 aliphatic heterocycles. The van der Waals surface area contributed by atoms with Gasteiger partial charge in [0.2, 0.25) is 0 Å². The van der Waals surface area contributed by atoms with Crippen LogP contribution in [0.2, 0.25) is 0 Å². The average molecular weight is 460 g/mol. The Bertz CT molecular complexity index is 679. The van der Waals surface area contributed by atoms with Crippen molar-refractivity contribution in [2.45, 2.75) is 31.9 Å². The predicted molar refractivity (Wildman–Crippen MR) is 119 cm³/mol. The second-order valence-electron chi connectivity index (χ2n) is 6.38. The summed E-state index contributed by atoms with van der Waals surface area (Å²) in [6, 6.07) is 6.39. The zero-order valence-corrected chi connectivity index (χ0v) is 18.3. The van der Waals surface area contributed by atoms with E-state index >= 15 is 0 Å². The maximum Gasteiger partial charge on any atom is 0.191 e. The van der Waals surface area contributed by atoms with Crippen LogP contribution in [-0.2, 0) is 6.42 Å². The summed E-state index contributed by atoms with van der Waals surface area (Å²) in [5, 5.41) is 8.15. The molecule has 0 bridgehead atoms. The van der Waals surface area contributed by atoms with Crippen LogP contribution in [0, 0.1) is 6.92 Å². The van der Waals surface area contributed by atoms with Crippen molar-refractivity contribution in [3.8, 4) is 0 Å². The molecule has 0 atom stereocenters. The van der Waals surface area contributed by atoms with Gasteiger partial charge in [0.15, 0.2) is 5.96 Å². The Balaban J connectivity index is 0.00000288. The number of aromatic amines is 1. The molecule has 0 amide bonds. The third-order valence-electron chi connectivity index (χ3n) is 4.14. The highest BCUT2D eigenvalue weighted by Gasteiger charge is 2.16. The van der Waals surface area contributed by atoms with Crippen molar-refractivity contribution < 1.29 is 0 Å². The largest absolute Gasteiger partial charge is 0.361 e. The number of benzene rings is 1. The molecular weight excluding hydrogens is 431 g/mol. The Morgan fingerprint density at radius 2 is 2.04 bits per heavy atom. The lowest BCUT2D eigenvalue weighted by Gasteiger charge is -2.23. The number of aliphatic imine (C=N–C) groups is 1. The fourth-order valence-corrected chi connectivity index (χ4v) is 2.77. The molecule has 3 N–H and O–H groups in total. The van der Waals surface area contributed by atoms with E-state index < -0.39 is 0 Å². The zero-order chi connectivity index (χ0) is 16.9. The SMILES string of the molecule is CN=C(NCCc1c[nH]c2cccc(C)c12)NCC(C)(C)SC.I. The molecule has 0 unspecified atom stereocenters. The van der Waals surface area contributed by atoms with E-state index in [2.05, 4.69) is 72.0 Å². The van der Waals surface area contributed by atoms with Crippen LogP contribution in [0.25, 0.3) is 10.9 Å². The van der Waals surface area contributed by atoms with E-state index in [1.165, 1.54) is 22.0 Å². The summed E-state index contributed by atoms with van der Waals surface area (Å²) < 4.78 is 0.200. The van der Waals surface area contributed by atoms with Crippen molar-refractivity contribution in [3.05, 3.63) is 35.5 Å². The van der Waals surface area contributed by atoms with Crippen LogP contribution < -0.4 is 10.6 Å². The molecule has 6 heteroatoms. The smallest absolute Gasteiger partial charge is 0.191 e. The summed E-state index contributed by atoms with van der Waals surface area (Å²) >= 11 is 1.86. The lowest BCUT2D eigenvalue weighted by atomic mass is 10.1. The first kappa shape index (κ1) is 21.2. The molecule has 4 nitrogen and oxygen atoms in total. The van der Waals surface area contributed by atoms with E-state index in [4.69, 9.17) is 0 Å². The van der Waals surface area contributed by atoms with Gasteiger partial charge in [0, 0.05) is 42.0 Å². The Kier molecular flexibility index (Phi) is 8.42. The van der Waals surface area contributed by atoms with Crippen molar-refractivity contribution in [2.75, 3.05) is 26.4 Å². The van der Waals surface area contributed by atoms with E-state index in [1.807, 2.05) is 18.8 Å². The van der Waals surface area contributed by atoms with Crippen LogP contribution in [0.4, 0.5) is 0 Å². The van der Waals surface area contributed by atoms with Gasteiger partial charge in [-0.2, -0.15) is 11.8 Å². The molecule has 134 valence electrons. The van der Waals surface area contributed by atoms with E-state index in [0.29, 0.717) is 0 Å². The second-order valence-corrected chi connectivity index (χ2v) is 7.89. The molecule has 0 aliphatic rings. The number of rotatable bonds is 6. The number of fused-ring (bicyclic) bond motifs is 1. The third-order valence-corrected chi connectivity index (χ3v) is 5.39. The van der Waals surface area contributed by atoms with Crippen LogP contribution in [0.5, 0.6) is 0 Å². The van der Waals surface area contributed by atoms with Gasteiger partial charge in [-0.25, -0.2) is 0 Å². The second kappa shape index (κ2) is 9.56. The summed E-state index contributed by atoms with van der Waals surface area (Å²) in [7, 11) is 1.82. The molecule has 1 heterocycles. The number of hydrogen-bond acceptors (Lipinski definition) is 2. The van der Waals surface area contributed by atoms with Crippen molar-refractivity contribution in [1.82, 2.24) is 15.6 Å². The zero-order valence-electron chi connectivity index (χ0n) is 15.2. The van der Waals surface area contributed by atoms with Crippen LogP contribution in [0.3, 0.4) is 0 Å². The van der Waals surface area contributed by atoms with Crippen molar-refractivity contribution in [2.24, 2.45) is 4.99 Å². The maximum absolute atomic E-state index is 4.30. The number of hydrogen-bond donors (Lipinski definition) is 3. The number of H-pyrrole nitrogens is 1. The van der Waals surface area contributed by atoms with Crippen LogP contribution in [0.1, 0.15) is 25.0 Å². The molecule has 1 aromatic heterocycles. The summed E-state index contributed by atoms with van der Waals surface area (Å²) in [6.07, 6.45) is 5.22. The van der Waals surface area contributed by atoms with Crippen molar-refractivity contribution in [1.29, 1.82) is 0 Å². The Hall–Kier alpha value is -0.890. The third kappa shape index (κ3) is 5.58. The molecule has 24 heavy (non-hydrogen) atoms. The number of thioether (sulfide) groups is 1. The molecule has 0 radical (unpaired) electrons. The number of guanidine groups is 1. The summed E-state index contributed by atoms with van der Waals surface area (Å²) in [5.41, 5.74) is 3.89. The van der Waals surface area contributed by atoms with E-state index in [9.17, 15) is 0 Å². The molecule has 0 saturated carbocycles. The van der Waals surface area contributed by atoms with Gasteiger partial charge in [-0.1, -0.05) is 12.1 Å². The van der Waals surface area contributed by atoms with E-state index in [0.717, 1.165) is 25.5 Å². The van der Waals surface area contributed by atoms with Crippen molar-refractivity contribution >= 4 is 52.6 Å². The van der Waals surface area contributed by atoms with Gasteiger partial charge in [-0.3, -0.25) is 4.99 Å². The van der Waals surface area contributed by atoms with E-state index in [1.54, 1.807) is 0 Å². The Labute approximate surface area is 166 Å². The summed E-state index contributed by atoms with van der Waals surface area (Å²) in [4.78, 5) is 7.66. The number of nitrogens with zero attached hydrogens (tertiary/aromatic N) is 1. The van der Waals surface area contributed by atoms with Crippen molar-refractivity contribution in [3.63, 3.8) is 0 Å². The summed E-state index contributed by atoms with van der Waals surface area (Å²) in [6.45, 7) is 8.37. The number of halogens is 1. The molecule has 2 rings (SSSR count). The first-order chi connectivity index (χ1) is 11.0. The van der Waals surface area contributed by atoms with Gasteiger partial charge < -0.3 is 15.6 Å². The topological polar surface area (TPSA) is 52.2 Å². The molecular formula is C18H29IN4S. The minimum Gasteiger partial charge on any atom is -0.361 e. The number of aromatic nitrogens is 1. The predicted octanol–water partition coefficient (Wildman–Crippen LogP) is 3.94. The molecule has 0 aliphatic carbocycles. The Morgan fingerprint density at radius 1 is 1.29 bits per heavy atom. The lowest BCUT2D eigenvalue weighted by molar-refractivity contribution is 0.664. The summed E-state index contributed by atoms with van der Waals surface area (Å²) in [5.74, 6) is 0.865. The monoisotopic (exact) mass is 460 g/mol. The minimum absolute atomic E-state index is 0. The fraction of sp³-hybridized carbons (Fsp3) is 0.500. The Morgan fingerprint density at radius 3 is 2.71 bits per heavy atom. The van der Waals surface area contributed by atoms with Gasteiger partial charge in [-0.15, -0.1) is 24.0 Å². The van der Waals surface area contributed by atoms with E-state index in [-0.39, 0.29) is 28.7 Å².